The molecule has 1 amide bonds. The minimum Gasteiger partial charge on any atom is -0.492 e. The van der Waals surface area contributed by atoms with Crippen molar-refractivity contribution in [2.45, 2.75) is 26.8 Å². The van der Waals surface area contributed by atoms with Crippen molar-refractivity contribution in [1.29, 1.82) is 0 Å². The molecule has 0 saturated carbocycles. The summed E-state index contributed by atoms with van der Waals surface area (Å²) in [5, 5.41) is 6.07. The molecule has 0 fully saturated rings. The zero-order chi connectivity index (χ0) is 20.7. The summed E-state index contributed by atoms with van der Waals surface area (Å²) in [4.78, 5) is 12.6. The Morgan fingerprint density at radius 3 is 2.50 bits per heavy atom. The number of carbonyl (C=O) groups is 1. The third-order valence-corrected chi connectivity index (χ3v) is 4.40. The van der Waals surface area contributed by atoms with Crippen LogP contribution in [0.1, 0.15) is 29.8 Å². The standard InChI is InChI=1S/C20H27N3O4S/c1-14(2)21-11-12-27-19-10-9-16(13-15(19)3)22-20(24)17-7-5-6-8-18(17)23-28(4,25)26/h5-10,13-14,21,23H,11-12H2,1-4H3,(H,22,24). The van der Waals surface area contributed by atoms with Crippen LogP contribution in [-0.2, 0) is 10.0 Å². The largest absolute Gasteiger partial charge is 0.492 e. The highest BCUT2D eigenvalue weighted by atomic mass is 32.2. The second-order valence-electron chi connectivity index (χ2n) is 6.81. The Morgan fingerprint density at radius 1 is 1.14 bits per heavy atom. The van der Waals surface area contributed by atoms with Crippen LogP contribution in [0.3, 0.4) is 0 Å². The van der Waals surface area contributed by atoms with Gasteiger partial charge in [-0.15, -0.1) is 0 Å². The average Bonchev–Trinajstić information content (AvgIpc) is 2.59. The first-order chi connectivity index (χ1) is 13.2. The number of nitrogens with one attached hydrogen (secondary N) is 3. The highest BCUT2D eigenvalue weighted by molar-refractivity contribution is 7.92. The van der Waals surface area contributed by atoms with E-state index in [2.05, 4.69) is 29.2 Å². The van der Waals surface area contributed by atoms with E-state index in [1.165, 1.54) is 0 Å². The van der Waals surface area contributed by atoms with Gasteiger partial charge in [0.2, 0.25) is 10.0 Å². The lowest BCUT2D eigenvalue weighted by Gasteiger charge is -2.14. The summed E-state index contributed by atoms with van der Waals surface area (Å²) in [6.45, 7) is 7.35. The fourth-order valence-corrected chi connectivity index (χ4v) is 3.14. The topological polar surface area (TPSA) is 96.5 Å². The zero-order valence-electron chi connectivity index (χ0n) is 16.6. The van der Waals surface area contributed by atoms with E-state index in [4.69, 9.17) is 4.74 Å². The molecule has 0 atom stereocenters. The Labute approximate surface area is 166 Å². The van der Waals surface area contributed by atoms with Crippen LogP contribution in [0, 0.1) is 6.92 Å². The molecule has 7 nitrogen and oxygen atoms in total. The summed E-state index contributed by atoms with van der Waals surface area (Å²) in [6.07, 6.45) is 1.04. The van der Waals surface area contributed by atoms with Gasteiger partial charge in [0.05, 0.1) is 17.5 Å². The van der Waals surface area contributed by atoms with Gasteiger partial charge in [-0.25, -0.2) is 8.42 Å². The van der Waals surface area contributed by atoms with E-state index < -0.39 is 15.9 Å². The Balaban J connectivity index is 2.06. The molecular formula is C20H27N3O4S. The third kappa shape index (κ3) is 6.86. The lowest BCUT2D eigenvalue weighted by Crippen LogP contribution is -2.27. The highest BCUT2D eigenvalue weighted by Gasteiger charge is 2.14. The maximum absolute atomic E-state index is 12.6. The second kappa shape index (κ2) is 9.57. The van der Waals surface area contributed by atoms with Crippen LogP contribution >= 0.6 is 0 Å². The van der Waals surface area contributed by atoms with Crippen molar-refractivity contribution in [2.24, 2.45) is 0 Å². The molecule has 0 saturated heterocycles. The van der Waals surface area contributed by atoms with E-state index in [1.54, 1.807) is 36.4 Å². The van der Waals surface area contributed by atoms with E-state index in [-0.39, 0.29) is 11.3 Å². The second-order valence-corrected chi connectivity index (χ2v) is 8.56. The first-order valence-corrected chi connectivity index (χ1v) is 10.9. The van der Waals surface area contributed by atoms with Gasteiger partial charge in [0.1, 0.15) is 12.4 Å². The fraction of sp³-hybridized carbons (Fsp3) is 0.350. The van der Waals surface area contributed by atoms with Crippen LogP contribution in [0.25, 0.3) is 0 Å². The van der Waals surface area contributed by atoms with Gasteiger partial charge < -0.3 is 15.4 Å². The van der Waals surface area contributed by atoms with Gasteiger partial charge in [-0.2, -0.15) is 0 Å². The summed E-state index contributed by atoms with van der Waals surface area (Å²) in [6, 6.07) is 12.2. The Morgan fingerprint density at radius 2 is 1.86 bits per heavy atom. The number of anilines is 2. The van der Waals surface area contributed by atoms with Gasteiger partial charge in [-0.05, 0) is 42.8 Å². The van der Waals surface area contributed by atoms with Gasteiger partial charge in [0.25, 0.3) is 5.91 Å². The molecule has 0 aliphatic rings. The van der Waals surface area contributed by atoms with Crippen LogP contribution in [0.15, 0.2) is 42.5 Å². The molecule has 0 spiro atoms. The lowest BCUT2D eigenvalue weighted by molar-refractivity contribution is 0.102. The number of benzene rings is 2. The summed E-state index contributed by atoms with van der Waals surface area (Å²) in [7, 11) is -3.49. The molecule has 2 aromatic carbocycles. The van der Waals surface area contributed by atoms with Crippen molar-refractivity contribution >= 4 is 27.3 Å². The molecule has 0 radical (unpaired) electrons. The van der Waals surface area contributed by atoms with E-state index in [0.29, 0.717) is 18.3 Å². The molecule has 2 rings (SSSR count). The molecular weight excluding hydrogens is 378 g/mol. The van der Waals surface area contributed by atoms with Crippen LogP contribution < -0.4 is 20.1 Å². The first kappa shape index (κ1) is 21.7. The molecule has 0 heterocycles. The molecule has 2 aromatic rings. The average molecular weight is 406 g/mol. The molecule has 3 N–H and O–H groups in total. The van der Waals surface area contributed by atoms with Crippen molar-refractivity contribution in [3.63, 3.8) is 0 Å². The fourth-order valence-electron chi connectivity index (χ4n) is 2.57. The van der Waals surface area contributed by atoms with Crippen LogP contribution in [0.2, 0.25) is 0 Å². The van der Waals surface area contributed by atoms with Gasteiger partial charge in [-0.3, -0.25) is 9.52 Å². The number of carbonyl (C=O) groups excluding carboxylic acids is 1. The zero-order valence-corrected chi connectivity index (χ0v) is 17.4. The minimum atomic E-state index is -3.49. The van der Waals surface area contributed by atoms with Gasteiger partial charge in [-0.1, -0.05) is 26.0 Å². The molecule has 28 heavy (non-hydrogen) atoms. The van der Waals surface area contributed by atoms with Crippen LogP contribution in [0.4, 0.5) is 11.4 Å². The quantitative estimate of drug-likeness (QED) is 0.557. The number of rotatable bonds is 9. The molecule has 0 aliphatic heterocycles. The highest BCUT2D eigenvalue weighted by Crippen LogP contribution is 2.23. The molecule has 0 unspecified atom stereocenters. The predicted molar refractivity (Wildman–Crippen MR) is 113 cm³/mol. The number of para-hydroxylation sites is 1. The molecule has 8 heteroatoms. The summed E-state index contributed by atoms with van der Waals surface area (Å²) >= 11 is 0. The Bertz CT molecular complexity index is 927. The monoisotopic (exact) mass is 405 g/mol. The molecule has 0 aromatic heterocycles. The van der Waals surface area contributed by atoms with Gasteiger partial charge in [0.15, 0.2) is 0 Å². The maximum atomic E-state index is 12.6. The Hall–Kier alpha value is -2.58. The molecule has 0 bridgehead atoms. The number of aryl methyl sites for hydroxylation is 1. The smallest absolute Gasteiger partial charge is 0.257 e. The normalized spacial score (nSPS) is 11.3. The van der Waals surface area contributed by atoms with E-state index in [0.717, 1.165) is 24.1 Å². The van der Waals surface area contributed by atoms with Crippen molar-refractivity contribution in [3.8, 4) is 5.75 Å². The number of ether oxygens (including phenoxy) is 1. The maximum Gasteiger partial charge on any atom is 0.257 e. The van der Waals surface area contributed by atoms with Gasteiger partial charge >= 0.3 is 0 Å². The van der Waals surface area contributed by atoms with Crippen LogP contribution in [0.5, 0.6) is 5.75 Å². The lowest BCUT2D eigenvalue weighted by atomic mass is 10.1. The number of hydrogen-bond acceptors (Lipinski definition) is 5. The first-order valence-electron chi connectivity index (χ1n) is 9.00. The van der Waals surface area contributed by atoms with Crippen molar-refractivity contribution in [3.05, 3.63) is 53.6 Å². The van der Waals surface area contributed by atoms with E-state index >= 15 is 0 Å². The van der Waals surface area contributed by atoms with Crippen molar-refractivity contribution < 1.29 is 17.9 Å². The van der Waals surface area contributed by atoms with Crippen molar-refractivity contribution in [1.82, 2.24) is 5.32 Å². The van der Waals surface area contributed by atoms with E-state index in [9.17, 15) is 13.2 Å². The summed E-state index contributed by atoms with van der Waals surface area (Å²) in [5.74, 6) is 0.351. The predicted octanol–water partition coefficient (Wildman–Crippen LogP) is 3.00. The van der Waals surface area contributed by atoms with Gasteiger partial charge in [0, 0.05) is 18.3 Å². The number of sulfonamides is 1. The van der Waals surface area contributed by atoms with Crippen molar-refractivity contribution in [2.75, 3.05) is 29.4 Å². The Kier molecular flexibility index (Phi) is 7.42. The van der Waals surface area contributed by atoms with E-state index in [1.807, 2.05) is 13.0 Å². The number of amides is 1. The molecule has 0 aliphatic carbocycles. The SMILES string of the molecule is Cc1cc(NC(=O)c2ccccc2NS(C)(=O)=O)ccc1OCCNC(C)C. The molecule has 152 valence electrons. The third-order valence-electron chi connectivity index (χ3n) is 3.81. The number of hydrogen-bond donors (Lipinski definition) is 3. The summed E-state index contributed by atoms with van der Waals surface area (Å²) < 4.78 is 31.1. The minimum absolute atomic E-state index is 0.233. The summed E-state index contributed by atoms with van der Waals surface area (Å²) in [5.41, 5.74) is 1.97. The van der Waals surface area contributed by atoms with Crippen LogP contribution in [-0.4, -0.2) is 39.8 Å².